The smallest absolute Gasteiger partial charge is 0.148 e. The molecule has 0 heterocycles. The van der Waals surface area contributed by atoms with Crippen LogP contribution < -0.4 is 11.3 Å². The zero-order chi connectivity index (χ0) is 14.9. The van der Waals surface area contributed by atoms with Crippen molar-refractivity contribution in [3.63, 3.8) is 0 Å². The maximum atomic E-state index is 14.4. The van der Waals surface area contributed by atoms with Crippen molar-refractivity contribution >= 4 is 50.1 Å². The molecule has 1 atom stereocenters. The van der Waals surface area contributed by atoms with Crippen LogP contribution in [0, 0.1) is 16.3 Å². The van der Waals surface area contributed by atoms with Gasteiger partial charge in [0, 0.05) is 13.6 Å². The van der Waals surface area contributed by atoms with Gasteiger partial charge in [-0.3, -0.25) is 5.84 Å². The molecule has 2 nitrogen and oxygen atoms in total. The Morgan fingerprint density at radius 1 is 1.30 bits per heavy atom. The second-order valence-corrected chi connectivity index (χ2v) is 6.65. The van der Waals surface area contributed by atoms with Gasteiger partial charge in [-0.25, -0.2) is 9.82 Å². The van der Waals surface area contributed by atoms with Crippen molar-refractivity contribution in [3.8, 4) is 0 Å². The molecule has 0 saturated carbocycles. The first-order valence-electron chi connectivity index (χ1n) is 5.82. The molecule has 0 aliphatic rings. The van der Waals surface area contributed by atoms with E-state index in [1.807, 2.05) is 25.1 Å². The van der Waals surface area contributed by atoms with Gasteiger partial charge >= 0.3 is 0 Å². The third-order valence-corrected chi connectivity index (χ3v) is 5.81. The number of hydrogen-bond acceptors (Lipinski definition) is 2. The van der Waals surface area contributed by atoms with Gasteiger partial charge in [0.1, 0.15) is 5.82 Å². The Labute approximate surface area is 144 Å². The molecule has 2 aromatic carbocycles. The molecule has 2 rings (SSSR count). The minimum atomic E-state index is -0.471. The van der Waals surface area contributed by atoms with Crippen LogP contribution in [0.2, 0.25) is 5.02 Å². The number of nitrogens with one attached hydrogen (secondary N) is 1. The molecule has 106 valence electrons. The number of aryl methyl sites for hydroxylation is 1. The number of halogens is 4. The van der Waals surface area contributed by atoms with Gasteiger partial charge in [0.25, 0.3) is 0 Å². The average molecular weight is 470 g/mol. The third kappa shape index (κ3) is 3.01. The summed E-state index contributed by atoms with van der Waals surface area (Å²) in [5.74, 6) is 5.17. The molecule has 0 aliphatic carbocycles. The summed E-state index contributed by atoms with van der Waals surface area (Å²) in [7, 11) is 0. The van der Waals surface area contributed by atoms with E-state index in [4.69, 9.17) is 17.4 Å². The van der Waals surface area contributed by atoms with Crippen molar-refractivity contribution in [1.82, 2.24) is 5.43 Å². The summed E-state index contributed by atoms with van der Waals surface area (Å²) in [5, 5.41) is 0.0606. The van der Waals surface area contributed by atoms with Crippen LogP contribution in [0.1, 0.15) is 22.7 Å². The zero-order valence-electron chi connectivity index (χ0n) is 10.6. The SMILES string of the molecule is Cc1cccc(C(NN)c2ccc(Br)c(Cl)c2F)c1I. The molecule has 0 aliphatic heterocycles. The van der Waals surface area contributed by atoms with Gasteiger partial charge in [-0.05, 0) is 62.6 Å². The summed E-state index contributed by atoms with van der Waals surface area (Å²) in [6.07, 6.45) is 0. The predicted molar refractivity (Wildman–Crippen MR) is 92.2 cm³/mol. The van der Waals surface area contributed by atoms with E-state index < -0.39 is 11.9 Å². The van der Waals surface area contributed by atoms with Gasteiger partial charge in [-0.15, -0.1) is 0 Å². The normalized spacial score (nSPS) is 12.5. The second kappa shape index (κ2) is 6.70. The highest BCUT2D eigenvalue weighted by molar-refractivity contribution is 14.1. The second-order valence-electron chi connectivity index (χ2n) is 4.34. The fourth-order valence-corrected chi connectivity index (χ4v) is 3.15. The van der Waals surface area contributed by atoms with Crippen molar-refractivity contribution in [2.75, 3.05) is 0 Å². The van der Waals surface area contributed by atoms with Crippen LogP contribution in [0.4, 0.5) is 4.39 Å². The molecule has 1 unspecified atom stereocenters. The first-order valence-corrected chi connectivity index (χ1v) is 8.07. The lowest BCUT2D eigenvalue weighted by Gasteiger charge is -2.20. The summed E-state index contributed by atoms with van der Waals surface area (Å²) >= 11 is 11.4. The molecule has 0 aromatic heterocycles. The summed E-state index contributed by atoms with van der Waals surface area (Å²) in [5.41, 5.74) is 5.13. The van der Waals surface area contributed by atoms with E-state index in [9.17, 15) is 4.39 Å². The molecule has 0 saturated heterocycles. The van der Waals surface area contributed by atoms with Crippen molar-refractivity contribution in [2.45, 2.75) is 13.0 Å². The summed E-state index contributed by atoms with van der Waals surface area (Å²) in [4.78, 5) is 0. The highest BCUT2D eigenvalue weighted by Crippen LogP contribution is 2.34. The highest BCUT2D eigenvalue weighted by atomic mass is 127. The van der Waals surface area contributed by atoms with Crippen molar-refractivity contribution < 1.29 is 4.39 Å². The molecule has 20 heavy (non-hydrogen) atoms. The molecule has 6 heteroatoms. The molecule has 0 amide bonds. The van der Waals surface area contributed by atoms with Crippen molar-refractivity contribution in [1.29, 1.82) is 0 Å². The van der Waals surface area contributed by atoms with E-state index in [-0.39, 0.29) is 5.02 Å². The lowest BCUT2D eigenvalue weighted by atomic mass is 9.97. The Hall–Kier alpha value is -0.210. The zero-order valence-corrected chi connectivity index (χ0v) is 15.1. The lowest BCUT2D eigenvalue weighted by Crippen LogP contribution is -2.30. The van der Waals surface area contributed by atoms with Crippen molar-refractivity contribution in [2.24, 2.45) is 5.84 Å². The van der Waals surface area contributed by atoms with E-state index >= 15 is 0 Å². The summed E-state index contributed by atoms with van der Waals surface area (Å²) < 4.78 is 15.9. The minimum Gasteiger partial charge on any atom is -0.271 e. The molecule has 0 fully saturated rings. The topological polar surface area (TPSA) is 38.0 Å². The maximum Gasteiger partial charge on any atom is 0.148 e. The number of hydrazine groups is 1. The molecule has 3 N–H and O–H groups in total. The quantitative estimate of drug-likeness (QED) is 0.296. The fourth-order valence-electron chi connectivity index (χ4n) is 2.00. The molecule has 2 aromatic rings. The minimum absolute atomic E-state index is 0.0606. The Kier molecular flexibility index (Phi) is 5.42. The molecule has 0 radical (unpaired) electrons. The van der Waals surface area contributed by atoms with Gasteiger partial charge < -0.3 is 0 Å². The molecular weight excluding hydrogens is 457 g/mol. The van der Waals surface area contributed by atoms with Crippen LogP contribution in [0.5, 0.6) is 0 Å². The van der Waals surface area contributed by atoms with E-state index in [0.29, 0.717) is 10.0 Å². The average Bonchev–Trinajstić information content (AvgIpc) is 2.44. The van der Waals surface area contributed by atoms with Crippen molar-refractivity contribution in [3.05, 3.63) is 65.9 Å². The third-order valence-electron chi connectivity index (χ3n) is 3.08. The number of rotatable bonds is 3. The Bertz CT molecular complexity index is 651. The van der Waals surface area contributed by atoms with Gasteiger partial charge in [0.2, 0.25) is 0 Å². The first kappa shape index (κ1) is 16.2. The van der Waals surface area contributed by atoms with Crippen LogP contribution in [0.25, 0.3) is 0 Å². The summed E-state index contributed by atoms with van der Waals surface area (Å²) in [6.45, 7) is 2.00. The molecule has 0 spiro atoms. The molecule has 0 bridgehead atoms. The van der Waals surface area contributed by atoms with E-state index in [0.717, 1.165) is 14.7 Å². The van der Waals surface area contributed by atoms with Gasteiger partial charge in [0.05, 0.1) is 11.1 Å². The van der Waals surface area contributed by atoms with E-state index in [1.54, 1.807) is 12.1 Å². The fraction of sp³-hybridized carbons (Fsp3) is 0.143. The van der Waals surface area contributed by atoms with E-state index in [1.165, 1.54) is 0 Å². The van der Waals surface area contributed by atoms with Gasteiger partial charge in [-0.1, -0.05) is 35.9 Å². The van der Waals surface area contributed by atoms with Crippen LogP contribution in [0.3, 0.4) is 0 Å². The van der Waals surface area contributed by atoms with Crippen LogP contribution in [0.15, 0.2) is 34.8 Å². The Balaban J connectivity index is 2.59. The largest absolute Gasteiger partial charge is 0.271 e. The number of nitrogens with two attached hydrogens (primary N) is 1. The lowest BCUT2D eigenvalue weighted by molar-refractivity contribution is 0.558. The van der Waals surface area contributed by atoms with E-state index in [2.05, 4.69) is 43.9 Å². The number of hydrogen-bond donors (Lipinski definition) is 2. The Morgan fingerprint density at radius 3 is 2.65 bits per heavy atom. The highest BCUT2D eigenvalue weighted by Gasteiger charge is 2.22. The van der Waals surface area contributed by atoms with Gasteiger partial charge in [0.15, 0.2) is 0 Å². The first-order chi connectivity index (χ1) is 9.47. The van der Waals surface area contributed by atoms with Crippen LogP contribution in [-0.2, 0) is 0 Å². The standard InChI is InChI=1S/C14H12BrClFIN2/c1-7-3-2-4-9(13(7)18)14(20-19)8-5-6-10(15)11(16)12(8)17/h2-6,14,20H,19H2,1H3. The monoisotopic (exact) mass is 468 g/mol. The van der Waals surface area contributed by atoms with Crippen LogP contribution >= 0.6 is 50.1 Å². The van der Waals surface area contributed by atoms with Gasteiger partial charge in [-0.2, -0.15) is 0 Å². The molecular formula is C14H12BrClFIN2. The summed E-state index contributed by atoms with van der Waals surface area (Å²) in [6, 6.07) is 8.79. The number of benzene rings is 2. The van der Waals surface area contributed by atoms with Crippen LogP contribution in [-0.4, -0.2) is 0 Å². The Morgan fingerprint density at radius 2 is 2.00 bits per heavy atom. The predicted octanol–water partition coefficient (Wildman–Crippen LogP) is 4.71. The maximum absolute atomic E-state index is 14.4.